The molecule has 1 aromatic rings. The molecule has 1 saturated carbocycles. The summed E-state index contributed by atoms with van der Waals surface area (Å²) in [6.07, 6.45) is 5.39. The van der Waals surface area contributed by atoms with E-state index in [1.165, 1.54) is 12.8 Å². The van der Waals surface area contributed by atoms with Crippen molar-refractivity contribution in [3.05, 3.63) is 18.3 Å². The second kappa shape index (κ2) is 3.88. The van der Waals surface area contributed by atoms with Gasteiger partial charge < -0.3 is 15.7 Å². The van der Waals surface area contributed by atoms with E-state index >= 15 is 0 Å². The van der Waals surface area contributed by atoms with Gasteiger partial charge in [-0.25, -0.2) is 4.98 Å². The Morgan fingerprint density at radius 2 is 2.47 bits per heavy atom. The van der Waals surface area contributed by atoms with Gasteiger partial charge in [-0.05, 0) is 30.9 Å². The van der Waals surface area contributed by atoms with E-state index in [9.17, 15) is 5.11 Å². The molecular formula is C13H19N3O. The van der Waals surface area contributed by atoms with Gasteiger partial charge in [0.1, 0.15) is 0 Å². The number of nitrogens with two attached hydrogens (primary N) is 1. The van der Waals surface area contributed by atoms with E-state index in [1.54, 1.807) is 6.20 Å². The molecule has 17 heavy (non-hydrogen) atoms. The minimum Gasteiger partial charge on any atom is -0.396 e. The highest BCUT2D eigenvalue weighted by Gasteiger charge is 2.49. The minimum atomic E-state index is 0.101. The van der Waals surface area contributed by atoms with Gasteiger partial charge in [-0.2, -0.15) is 0 Å². The van der Waals surface area contributed by atoms with Gasteiger partial charge in [0.2, 0.25) is 0 Å². The number of nitrogens with zero attached hydrogens (tertiary/aromatic N) is 2. The molecule has 1 aliphatic carbocycles. The van der Waals surface area contributed by atoms with Crippen molar-refractivity contribution in [2.24, 2.45) is 11.3 Å². The standard InChI is InChI=1S/C13H19N3O/c14-11-4-2-6-15-12(11)16-7-10-3-1-5-13(10,8-16)9-17/h2,4,6,10,17H,1,3,5,7-9,14H2/t10-,13-/m1/s1. The van der Waals surface area contributed by atoms with Crippen LogP contribution in [0.2, 0.25) is 0 Å². The SMILES string of the molecule is Nc1cccnc1N1C[C@H]2CCC[C@]2(CO)C1. The molecule has 0 spiro atoms. The van der Waals surface area contributed by atoms with Crippen molar-refractivity contribution < 1.29 is 5.11 Å². The predicted octanol–water partition coefficient (Wildman–Crippen LogP) is 1.26. The summed E-state index contributed by atoms with van der Waals surface area (Å²) in [6.45, 7) is 2.18. The number of hydrogen-bond acceptors (Lipinski definition) is 4. The first kappa shape index (κ1) is 10.8. The smallest absolute Gasteiger partial charge is 0.151 e. The number of aliphatic hydroxyl groups is 1. The van der Waals surface area contributed by atoms with Crippen LogP contribution in [0.25, 0.3) is 0 Å². The van der Waals surface area contributed by atoms with E-state index in [0.717, 1.165) is 31.0 Å². The van der Waals surface area contributed by atoms with Gasteiger partial charge in [-0.1, -0.05) is 6.42 Å². The lowest BCUT2D eigenvalue weighted by Gasteiger charge is -2.26. The normalized spacial score (nSPS) is 31.8. The molecule has 4 nitrogen and oxygen atoms in total. The van der Waals surface area contributed by atoms with Crippen molar-refractivity contribution in [1.82, 2.24) is 4.98 Å². The monoisotopic (exact) mass is 233 g/mol. The molecule has 0 bridgehead atoms. The van der Waals surface area contributed by atoms with E-state index in [1.807, 2.05) is 12.1 Å². The largest absolute Gasteiger partial charge is 0.396 e. The summed E-state index contributed by atoms with van der Waals surface area (Å²) in [5, 5.41) is 9.68. The van der Waals surface area contributed by atoms with Crippen LogP contribution in [0, 0.1) is 11.3 Å². The number of aliphatic hydroxyl groups excluding tert-OH is 1. The number of pyridine rings is 1. The fourth-order valence-electron chi connectivity index (χ4n) is 3.51. The fourth-order valence-corrected chi connectivity index (χ4v) is 3.51. The fraction of sp³-hybridized carbons (Fsp3) is 0.615. The summed E-state index contributed by atoms with van der Waals surface area (Å²) >= 11 is 0. The minimum absolute atomic E-state index is 0.101. The third-order valence-electron chi connectivity index (χ3n) is 4.47. The van der Waals surface area contributed by atoms with E-state index < -0.39 is 0 Å². The Bertz CT molecular complexity index is 423. The summed E-state index contributed by atoms with van der Waals surface area (Å²) in [6, 6.07) is 3.75. The molecule has 2 aliphatic rings. The number of hydrogen-bond donors (Lipinski definition) is 2. The highest BCUT2D eigenvalue weighted by Crippen LogP contribution is 2.49. The summed E-state index contributed by atoms with van der Waals surface area (Å²) in [4.78, 5) is 6.62. The third-order valence-corrected chi connectivity index (χ3v) is 4.47. The maximum Gasteiger partial charge on any atom is 0.151 e. The van der Waals surface area contributed by atoms with Crippen LogP contribution in [-0.4, -0.2) is 29.8 Å². The molecule has 1 aromatic heterocycles. The zero-order chi connectivity index (χ0) is 11.9. The molecule has 1 saturated heterocycles. The highest BCUT2D eigenvalue weighted by molar-refractivity contribution is 5.63. The van der Waals surface area contributed by atoms with Gasteiger partial charge in [-0.3, -0.25) is 0 Å². The predicted molar refractivity (Wildman–Crippen MR) is 67.7 cm³/mol. The first-order chi connectivity index (χ1) is 8.25. The number of fused-ring (bicyclic) bond motifs is 1. The zero-order valence-electron chi connectivity index (χ0n) is 9.97. The number of anilines is 2. The second-order valence-electron chi connectivity index (χ2n) is 5.41. The summed E-state index contributed by atoms with van der Waals surface area (Å²) in [5.41, 5.74) is 6.81. The van der Waals surface area contributed by atoms with Gasteiger partial charge in [0.05, 0.1) is 12.3 Å². The van der Waals surface area contributed by atoms with Gasteiger partial charge in [-0.15, -0.1) is 0 Å². The van der Waals surface area contributed by atoms with Crippen LogP contribution < -0.4 is 10.6 Å². The van der Waals surface area contributed by atoms with Gasteiger partial charge in [0.25, 0.3) is 0 Å². The van der Waals surface area contributed by atoms with E-state index in [4.69, 9.17) is 5.73 Å². The Kier molecular flexibility index (Phi) is 2.47. The van der Waals surface area contributed by atoms with Crippen molar-refractivity contribution in [2.75, 3.05) is 30.3 Å². The average Bonchev–Trinajstić information content (AvgIpc) is 2.86. The number of nitrogen functional groups attached to an aromatic ring is 1. The van der Waals surface area contributed by atoms with Crippen molar-refractivity contribution in [3.63, 3.8) is 0 Å². The lowest BCUT2D eigenvalue weighted by atomic mass is 9.82. The molecule has 0 aromatic carbocycles. The summed E-state index contributed by atoms with van der Waals surface area (Å²) < 4.78 is 0. The second-order valence-corrected chi connectivity index (χ2v) is 5.41. The Balaban J connectivity index is 1.87. The van der Waals surface area contributed by atoms with E-state index in [0.29, 0.717) is 12.5 Å². The first-order valence-corrected chi connectivity index (χ1v) is 6.31. The molecule has 0 radical (unpaired) electrons. The Morgan fingerprint density at radius 1 is 1.59 bits per heavy atom. The lowest BCUT2D eigenvalue weighted by molar-refractivity contribution is 0.121. The molecule has 92 valence electrons. The van der Waals surface area contributed by atoms with Crippen LogP contribution in [0.1, 0.15) is 19.3 Å². The highest BCUT2D eigenvalue weighted by atomic mass is 16.3. The molecule has 3 N–H and O–H groups in total. The van der Waals surface area contributed by atoms with Gasteiger partial charge >= 0.3 is 0 Å². The molecular weight excluding hydrogens is 214 g/mol. The molecule has 1 aliphatic heterocycles. The Labute approximate surface area is 101 Å². The average molecular weight is 233 g/mol. The number of aromatic nitrogens is 1. The Hall–Kier alpha value is -1.29. The molecule has 0 unspecified atom stereocenters. The summed E-state index contributed by atoms with van der Waals surface area (Å²) in [5.74, 6) is 1.49. The van der Waals surface area contributed by atoms with Crippen molar-refractivity contribution in [1.29, 1.82) is 0 Å². The topological polar surface area (TPSA) is 62.4 Å². The quantitative estimate of drug-likeness (QED) is 0.807. The first-order valence-electron chi connectivity index (χ1n) is 6.31. The van der Waals surface area contributed by atoms with Crippen LogP contribution in [-0.2, 0) is 0 Å². The van der Waals surface area contributed by atoms with Crippen LogP contribution in [0.4, 0.5) is 11.5 Å². The Morgan fingerprint density at radius 3 is 3.18 bits per heavy atom. The van der Waals surface area contributed by atoms with Crippen LogP contribution in [0.15, 0.2) is 18.3 Å². The van der Waals surface area contributed by atoms with Crippen molar-refractivity contribution in [3.8, 4) is 0 Å². The van der Waals surface area contributed by atoms with Crippen molar-refractivity contribution in [2.45, 2.75) is 19.3 Å². The number of rotatable bonds is 2. The van der Waals surface area contributed by atoms with Gasteiger partial charge in [0, 0.05) is 24.7 Å². The van der Waals surface area contributed by atoms with Crippen LogP contribution >= 0.6 is 0 Å². The summed E-state index contributed by atoms with van der Waals surface area (Å²) in [7, 11) is 0. The maximum absolute atomic E-state index is 9.68. The lowest BCUT2D eigenvalue weighted by Crippen LogP contribution is -2.31. The van der Waals surface area contributed by atoms with Gasteiger partial charge in [0.15, 0.2) is 5.82 Å². The van der Waals surface area contributed by atoms with Crippen molar-refractivity contribution >= 4 is 11.5 Å². The van der Waals surface area contributed by atoms with E-state index in [2.05, 4.69) is 9.88 Å². The molecule has 2 fully saturated rings. The van der Waals surface area contributed by atoms with Crippen LogP contribution in [0.3, 0.4) is 0 Å². The molecule has 2 atom stereocenters. The van der Waals surface area contributed by atoms with E-state index in [-0.39, 0.29) is 5.41 Å². The zero-order valence-corrected chi connectivity index (χ0v) is 9.97. The molecule has 0 amide bonds. The molecule has 3 rings (SSSR count). The van der Waals surface area contributed by atoms with Crippen LogP contribution in [0.5, 0.6) is 0 Å². The maximum atomic E-state index is 9.68. The molecule has 2 heterocycles. The third kappa shape index (κ3) is 1.59. The molecule has 4 heteroatoms.